The van der Waals surface area contributed by atoms with Crippen molar-refractivity contribution in [2.45, 2.75) is 111 Å². The Balaban J connectivity index is 1.85. The van der Waals surface area contributed by atoms with Crippen molar-refractivity contribution in [3.8, 4) is 0 Å². The van der Waals surface area contributed by atoms with Gasteiger partial charge in [-0.3, -0.25) is 0 Å². The van der Waals surface area contributed by atoms with Gasteiger partial charge in [-0.25, -0.2) is 0 Å². The largest absolute Gasteiger partial charge is 0.392 e. The molecule has 0 N–H and O–H groups in total. The van der Waals surface area contributed by atoms with Crippen LogP contribution in [-0.2, 0) is 10.9 Å². The van der Waals surface area contributed by atoms with Crippen LogP contribution in [0.1, 0.15) is 77.0 Å². The van der Waals surface area contributed by atoms with Crippen molar-refractivity contribution in [1.29, 1.82) is 0 Å². The molecular formula is C21H30F9S+. The van der Waals surface area contributed by atoms with E-state index < -0.39 is 62.9 Å². The van der Waals surface area contributed by atoms with Crippen LogP contribution in [0.5, 0.6) is 0 Å². The molecule has 0 spiro atoms. The van der Waals surface area contributed by atoms with Gasteiger partial charge in [-0.15, -0.1) is 0 Å². The van der Waals surface area contributed by atoms with Crippen LogP contribution in [-0.4, -0.2) is 34.3 Å². The first-order valence-electron chi connectivity index (χ1n) is 11.2. The van der Waals surface area contributed by atoms with Crippen LogP contribution in [0.4, 0.5) is 39.5 Å². The van der Waals surface area contributed by atoms with Crippen LogP contribution >= 0.6 is 0 Å². The molecule has 0 aromatic heterocycles. The van der Waals surface area contributed by atoms with Crippen molar-refractivity contribution < 1.29 is 39.5 Å². The average molecular weight is 486 g/mol. The third kappa shape index (κ3) is 6.40. The standard InChI is InChI=1S/C21H30F9S/c22-19(23,24)13-4-1-7-16(10-13)31(17-8-2-5-14(11-17)20(25,26)27)18-9-3-6-15(12-18)21(28,29)30/h13-18H,1-12H2/q+1. The van der Waals surface area contributed by atoms with Crippen LogP contribution in [0, 0.1) is 17.8 Å². The van der Waals surface area contributed by atoms with Gasteiger partial charge in [0.1, 0.15) is 15.7 Å². The summed E-state index contributed by atoms with van der Waals surface area (Å²) in [5.41, 5.74) is 0. The Morgan fingerprint density at radius 1 is 0.419 bits per heavy atom. The summed E-state index contributed by atoms with van der Waals surface area (Å²) in [6.07, 6.45) is -11.1. The molecule has 3 saturated carbocycles. The Bertz CT molecular complexity index is 502. The molecule has 10 heteroatoms. The molecular weight excluding hydrogens is 455 g/mol. The molecule has 0 aromatic rings. The fourth-order valence-electron chi connectivity index (χ4n) is 5.88. The lowest BCUT2D eigenvalue weighted by atomic mass is 9.87. The molecule has 0 saturated heterocycles. The normalized spacial score (nSPS) is 37.5. The van der Waals surface area contributed by atoms with Gasteiger partial charge < -0.3 is 0 Å². The monoisotopic (exact) mass is 485 g/mol. The maximum absolute atomic E-state index is 13.4. The second kappa shape index (κ2) is 9.53. The molecule has 0 aliphatic heterocycles. The molecule has 3 fully saturated rings. The summed E-state index contributed by atoms with van der Waals surface area (Å²) in [4.78, 5) is 0. The molecule has 6 atom stereocenters. The van der Waals surface area contributed by atoms with Gasteiger partial charge in [0.25, 0.3) is 0 Å². The topological polar surface area (TPSA) is 0 Å². The van der Waals surface area contributed by atoms with Gasteiger partial charge >= 0.3 is 18.5 Å². The van der Waals surface area contributed by atoms with Gasteiger partial charge in [-0.1, -0.05) is 0 Å². The third-order valence-electron chi connectivity index (χ3n) is 7.42. The fraction of sp³-hybridized carbons (Fsp3) is 1.00. The van der Waals surface area contributed by atoms with Gasteiger partial charge in [0.05, 0.1) is 17.8 Å². The van der Waals surface area contributed by atoms with E-state index in [1.165, 1.54) is 0 Å². The third-order valence-corrected chi connectivity index (χ3v) is 11.0. The molecule has 182 valence electrons. The summed E-state index contributed by atoms with van der Waals surface area (Å²) in [6.45, 7) is 0. The number of halogens is 9. The lowest BCUT2D eigenvalue weighted by molar-refractivity contribution is -0.181. The predicted octanol–water partition coefficient (Wildman–Crippen LogP) is 7.97. The smallest absolute Gasteiger partial charge is 0.171 e. The second-order valence-corrected chi connectivity index (χ2v) is 12.3. The number of hydrogen-bond donors (Lipinski definition) is 0. The Morgan fingerprint density at radius 3 is 0.903 bits per heavy atom. The summed E-state index contributed by atoms with van der Waals surface area (Å²) in [7, 11) is -0.850. The van der Waals surface area contributed by atoms with Crippen LogP contribution in [0.2, 0.25) is 0 Å². The Labute approximate surface area is 180 Å². The van der Waals surface area contributed by atoms with Gasteiger partial charge in [-0.2, -0.15) is 39.5 Å². The Hall–Kier alpha value is -0.280. The highest BCUT2D eigenvalue weighted by molar-refractivity contribution is 7.98. The summed E-state index contributed by atoms with van der Waals surface area (Å²) in [5, 5.41) is -1.27. The number of alkyl halides is 9. The van der Waals surface area contributed by atoms with E-state index in [1.54, 1.807) is 0 Å². The zero-order chi connectivity index (χ0) is 23.0. The molecule has 3 aliphatic carbocycles. The minimum Gasteiger partial charge on any atom is -0.171 e. The molecule has 0 amide bonds. The van der Waals surface area contributed by atoms with E-state index in [0.717, 1.165) is 0 Å². The van der Waals surface area contributed by atoms with E-state index in [2.05, 4.69) is 0 Å². The Kier molecular flexibility index (Phi) is 7.79. The SMILES string of the molecule is FC(F)(F)C1CCCC([S+](C2CCCC(C(F)(F)F)C2)C2CCCC(C(F)(F)F)C2)C1. The molecule has 0 heterocycles. The van der Waals surface area contributed by atoms with E-state index in [1.807, 2.05) is 0 Å². The van der Waals surface area contributed by atoms with Crippen molar-refractivity contribution in [2.24, 2.45) is 17.8 Å². The van der Waals surface area contributed by atoms with Gasteiger partial charge in [0, 0.05) is 19.3 Å². The van der Waals surface area contributed by atoms with Crippen LogP contribution in [0.15, 0.2) is 0 Å². The van der Waals surface area contributed by atoms with E-state index in [9.17, 15) is 39.5 Å². The minimum atomic E-state index is -4.37. The lowest BCUT2D eigenvalue weighted by Gasteiger charge is -2.41. The number of rotatable bonds is 3. The van der Waals surface area contributed by atoms with E-state index in [0.29, 0.717) is 38.5 Å². The van der Waals surface area contributed by atoms with Crippen molar-refractivity contribution in [3.05, 3.63) is 0 Å². The maximum atomic E-state index is 13.4. The summed E-state index contributed by atoms with van der Waals surface area (Å²) >= 11 is 0. The predicted molar refractivity (Wildman–Crippen MR) is 103 cm³/mol. The molecule has 3 aliphatic rings. The number of hydrogen-bond acceptors (Lipinski definition) is 0. The first-order valence-corrected chi connectivity index (χ1v) is 12.6. The first kappa shape index (κ1) is 25.3. The molecule has 3 rings (SSSR count). The first-order chi connectivity index (χ1) is 14.3. The molecule has 31 heavy (non-hydrogen) atoms. The minimum absolute atomic E-state index is 0.00286. The van der Waals surface area contributed by atoms with Crippen LogP contribution < -0.4 is 0 Å². The average Bonchev–Trinajstić information content (AvgIpc) is 2.67. The van der Waals surface area contributed by atoms with E-state index in [-0.39, 0.29) is 38.5 Å². The van der Waals surface area contributed by atoms with Crippen LogP contribution in [0.3, 0.4) is 0 Å². The molecule has 6 unspecified atom stereocenters. The highest BCUT2D eigenvalue weighted by Gasteiger charge is 2.56. The van der Waals surface area contributed by atoms with Crippen molar-refractivity contribution in [3.63, 3.8) is 0 Å². The van der Waals surface area contributed by atoms with Crippen molar-refractivity contribution in [2.75, 3.05) is 0 Å². The second-order valence-electron chi connectivity index (χ2n) is 9.49. The van der Waals surface area contributed by atoms with E-state index >= 15 is 0 Å². The highest BCUT2D eigenvalue weighted by atomic mass is 32.2. The van der Waals surface area contributed by atoms with Gasteiger partial charge in [-0.05, 0) is 68.7 Å². The highest BCUT2D eigenvalue weighted by Crippen LogP contribution is 2.49. The van der Waals surface area contributed by atoms with Crippen molar-refractivity contribution in [1.82, 2.24) is 0 Å². The molecule has 0 bridgehead atoms. The summed E-state index contributed by atoms with van der Waals surface area (Å²) in [5.74, 6) is -4.49. The van der Waals surface area contributed by atoms with Gasteiger partial charge in [0.15, 0.2) is 0 Å². The maximum Gasteiger partial charge on any atom is 0.392 e. The van der Waals surface area contributed by atoms with E-state index in [4.69, 9.17) is 0 Å². The van der Waals surface area contributed by atoms with Crippen molar-refractivity contribution >= 4 is 10.9 Å². The molecule has 0 nitrogen and oxygen atoms in total. The zero-order valence-corrected chi connectivity index (χ0v) is 18.1. The molecule has 0 aromatic carbocycles. The van der Waals surface area contributed by atoms with Gasteiger partial charge in [0.2, 0.25) is 0 Å². The Morgan fingerprint density at radius 2 is 0.677 bits per heavy atom. The fourth-order valence-corrected chi connectivity index (χ4v) is 10.2. The quantitative estimate of drug-likeness (QED) is 0.281. The lowest BCUT2D eigenvalue weighted by Crippen LogP contribution is -2.49. The summed E-state index contributed by atoms with van der Waals surface area (Å²) < 4.78 is 121. The molecule has 0 radical (unpaired) electrons. The zero-order valence-electron chi connectivity index (χ0n) is 17.3. The van der Waals surface area contributed by atoms with Crippen LogP contribution in [0.25, 0.3) is 0 Å². The summed E-state index contributed by atoms with van der Waals surface area (Å²) in [6, 6.07) is 0.